The summed E-state index contributed by atoms with van der Waals surface area (Å²) in [7, 11) is -4.01. The highest BCUT2D eigenvalue weighted by molar-refractivity contribution is 7.89. The van der Waals surface area contributed by atoms with Crippen molar-refractivity contribution in [1.82, 2.24) is 19.8 Å². The van der Waals surface area contributed by atoms with E-state index in [1.807, 2.05) is 6.92 Å². The summed E-state index contributed by atoms with van der Waals surface area (Å²) in [4.78, 5) is 28.2. The molecule has 198 valence electrons. The molecule has 0 spiro atoms. The van der Waals surface area contributed by atoms with Crippen LogP contribution in [0.4, 0.5) is 4.39 Å². The van der Waals surface area contributed by atoms with Crippen molar-refractivity contribution in [1.29, 1.82) is 0 Å². The first-order valence-corrected chi connectivity index (χ1v) is 14.2. The molecule has 1 aliphatic carbocycles. The molecule has 1 aromatic carbocycles. The summed E-state index contributed by atoms with van der Waals surface area (Å²) in [6, 6.07) is 5.48. The van der Waals surface area contributed by atoms with E-state index in [-0.39, 0.29) is 28.7 Å². The number of carbonyl (C=O) groups excluding carboxylic acids is 2. The zero-order valence-electron chi connectivity index (χ0n) is 21.2. The zero-order chi connectivity index (χ0) is 26.1. The van der Waals surface area contributed by atoms with Crippen LogP contribution in [0.3, 0.4) is 0 Å². The Kier molecular flexibility index (Phi) is 7.75. The van der Waals surface area contributed by atoms with Crippen LogP contribution >= 0.6 is 0 Å². The van der Waals surface area contributed by atoms with Crippen LogP contribution in [0.2, 0.25) is 0 Å². The van der Waals surface area contributed by atoms with Crippen molar-refractivity contribution in [2.45, 2.75) is 88.5 Å². The minimum Gasteiger partial charge on any atom is -0.353 e. The molecule has 36 heavy (non-hydrogen) atoms. The van der Waals surface area contributed by atoms with Crippen LogP contribution in [0.15, 0.2) is 41.6 Å². The average Bonchev–Trinajstić information content (AvgIpc) is 2.82. The summed E-state index contributed by atoms with van der Waals surface area (Å²) in [5, 5.41) is 5.61. The van der Waals surface area contributed by atoms with Gasteiger partial charge in [0.25, 0.3) is 10.0 Å². The van der Waals surface area contributed by atoms with Gasteiger partial charge in [0.2, 0.25) is 11.8 Å². The lowest BCUT2D eigenvalue weighted by Crippen LogP contribution is -2.56. The number of piperidine rings is 1. The number of hydrogen-bond acceptors (Lipinski definition) is 5. The summed E-state index contributed by atoms with van der Waals surface area (Å²) in [5.74, 6) is -0.896. The summed E-state index contributed by atoms with van der Waals surface area (Å²) in [5.41, 5.74) is 0.731. The highest BCUT2D eigenvalue weighted by atomic mass is 32.2. The molecule has 2 fully saturated rings. The van der Waals surface area contributed by atoms with E-state index < -0.39 is 28.1 Å². The standard InChI is InChI=1S/C26H37FN4O4S/c1-18-4-7-21(8-5-18)36(34,35)31-15-12-28-25(33)22(31)16-24(32)29-23-9-6-20(17-26(23,2)3)30-13-10-19(27)11-14-30/h4-5,7-8,12,15,19-20,22-23H,6,9-11,13-14,16-17H2,1-3H3,(H,28,33)(H,29,32)/t20-,22-,23+/m1/s1. The lowest BCUT2D eigenvalue weighted by atomic mass is 9.70. The second-order valence-corrected chi connectivity index (χ2v) is 12.8. The Bertz CT molecular complexity index is 1100. The predicted molar refractivity (Wildman–Crippen MR) is 135 cm³/mol. The van der Waals surface area contributed by atoms with Gasteiger partial charge in [-0.15, -0.1) is 0 Å². The maximum Gasteiger partial charge on any atom is 0.264 e. The molecule has 4 rings (SSSR count). The molecule has 2 N–H and O–H groups in total. The SMILES string of the molecule is Cc1ccc(S(=O)(=O)N2C=CNC(=O)[C@H]2CC(=O)N[C@H]2CC[C@@H](N3CCC(F)CC3)CC2(C)C)cc1. The minimum absolute atomic E-state index is 0.0640. The van der Waals surface area contributed by atoms with Crippen LogP contribution in [0.5, 0.6) is 0 Å². The number of nitrogens with zero attached hydrogens (tertiary/aromatic N) is 2. The fourth-order valence-corrected chi connectivity index (χ4v) is 7.06. The normalized spacial score (nSPS) is 27.5. The lowest BCUT2D eigenvalue weighted by molar-refractivity contribution is -0.130. The Hall–Kier alpha value is -2.46. The third kappa shape index (κ3) is 5.75. The molecule has 10 heteroatoms. The number of carbonyl (C=O) groups is 2. The maximum absolute atomic E-state index is 13.6. The second-order valence-electron chi connectivity index (χ2n) is 10.9. The smallest absolute Gasteiger partial charge is 0.264 e. The molecular weight excluding hydrogens is 483 g/mol. The van der Waals surface area contributed by atoms with E-state index >= 15 is 0 Å². The first kappa shape index (κ1) is 26.6. The van der Waals surface area contributed by atoms with E-state index in [9.17, 15) is 22.4 Å². The van der Waals surface area contributed by atoms with Crippen molar-refractivity contribution in [3.05, 3.63) is 42.2 Å². The molecule has 1 saturated heterocycles. The topological polar surface area (TPSA) is 98.8 Å². The number of hydrogen-bond donors (Lipinski definition) is 2. The third-order valence-corrected chi connectivity index (χ3v) is 9.64. The summed E-state index contributed by atoms with van der Waals surface area (Å²) >= 11 is 0. The number of aryl methyl sites for hydroxylation is 1. The highest BCUT2D eigenvalue weighted by Crippen LogP contribution is 2.39. The first-order chi connectivity index (χ1) is 17.0. The minimum atomic E-state index is -4.01. The van der Waals surface area contributed by atoms with Crippen LogP contribution in [0.1, 0.15) is 57.9 Å². The molecule has 1 aromatic rings. The van der Waals surface area contributed by atoms with Crippen LogP contribution in [-0.4, -0.2) is 66.8 Å². The Morgan fingerprint density at radius 3 is 2.44 bits per heavy atom. The van der Waals surface area contributed by atoms with Gasteiger partial charge in [0.1, 0.15) is 12.2 Å². The molecule has 3 aliphatic rings. The van der Waals surface area contributed by atoms with Crippen molar-refractivity contribution < 1.29 is 22.4 Å². The Morgan fingerprint density at radius 2 is 1.81 bits per heavy atom. The molecule has 2 heterocycles. The molecule has 0 unspecified atom stereocenters. The molecule has 0 bridgehead atoms. The predicted octanol–water partition coefficient (Wildman–Crippen LogP) is 2.84. The lowest BCUT2D eigenvalue weighted by Gasteiger charge is -2.47. The van der Waals surface area contributed by atoms with Crippen LogP contribution in [-0.2, 0) is 19.6 Å². The van der Waals surface area contributed by atoms with Crippen molar-refractivity contribution >= 4 is 21.8 Å². The van der Waals surface area contributed by atoms with Gasteiger partial charge in [0.05, 0.1) is 11.3 Å². The molecule has 2 amide bonds. The second kappa shape index (κ2) is 10.5. The average molecular weight is 521 g/mol. The fourth-order valence-electron chi connectivity index (χ4n) is 5.61. The van der Waals surface area contributed by atoms with Gasteiger partial charge in [0.15, 0.2) is 0 Å². The van der Waals surface area contributed by atoms with E-state index in [1.165, 1.54) is 24.5 Å². The van der Waals surface area contributed by atoms with Crippen molar-refractivity contribution in [2.75, 3.05) is 13.1 Å². The summed E-state index contributed by atoms with van der Waals surface area (Å²) in [6.07, 6.45) is 5.33. The van der Waals surface area contributed by atoms with E-state index in [2.05, 4.69) is 29.4 Å². The van der Waals surface area contributed by atoms with Gasteiger partial charge in [-0.05, 0) is 56.6 Å². The molecule has 1 saturated carbocycles. The molecule has 2 aliphatic heterocycles. The zero-order valence-corrected chi connectivity index (χ0v) is 22.1. The summed E-state index contributed by atoms with van der Waals surface area (Å²) < 4.78 is 41.1. The van der Waals surface area contributed by atoms with Crippen molar-refractivity contribution in [3.8, 4) is 0 Å². The van der Waals surface area contributed by atoms with Crippen LogP contribution in [0, 0.1) is 12.3 Å². The highest BCUT2D eigenvalue weighted by Gasteiger charge is 2.42. The number of benzene rings is 1. The third-order valence-electron chi connectivity index (χ3n) is 7.84. The fraction of sp³-hybridized carbons (Fsp3) is 0.615. The Balaban J connectivity index is 1.41. The van der Waals surface area contributed by atoms with Gasteiger partial charge in [-0.3, -0.25) is 13.9 Å². The van der Waals surface area contributed by atoms with Gasteiger partial charge < -0.3 is 15.5 Å². The van der Waals surface area contributed by atoms with E-state index in [0.717, 1.165) is 42.2 Å². The number of nitrogens with one attached hydrogen (secondary N) is 2. The maximum atomic E-state index is 13.6. The van der Waals surface area contributed by atoms with Crippen LogP contribution in [0.25, 0.3) is 0 Å². The first-order valence-electron chi connectivity index (χ1n) is 12.7. The summed E-state index contributed by atoms with van der Waals surface area (Å²) in [6.45, 7) is 7.65. The van der Waals surface area contributed by atoms with Crippen LogP contribution < -0.4 is 10.6 Å². The molecule has 0 aromatic heterocycles. The quantitative estimate of drug-likeness (QED) is 0.601. The van der Waals surface area contributed by atoms with E-state index in [1.54, 1.807) is 12.1 Å². The van der Waals surface area contributed by atoms with Gasteiger partial charge in [-0.25, -0.2) is 12.8 Å². The monoisotopic (exact) mass is 520 g/mol. The Morgan fingerprint density at radius 1 is 1.14 bits per heavy atom. The van der Waals surface area contributed by atoms with Crippen molar-refractivity contribution in [3.63, 3.8) is 0 Å². The molecule has 8 nitrogen and oxygen atoms in total. The number of halogens is 1. The van der Waals surface area contributed by atoms with E-state index in [4.69, 9.17) is 0 Å². The number of amides is 2. The van der Waals surface area contributed by atoms with Gasteiger partial charge in [0, 0.05) is 37.6 Å². The Labute approximate surface area is 213 Å². The van der Waals surface area contributed by atoms with Crippen molar-refractivity contribution in [2.24, 2.45) is 5.41 Å². The van der Waals surface area contributed by atoms with E-state index in [0.29, 0.717) is 18.9 Å². The number of rotatable bonds is 6. The number of sulfonamides is 1. The largest absolute Gasteiger partial charge is 0.353 e. The molecule has 0 radical (unpaired) electrons. The number of likely N-dealkylation sites (tertiary alicyclic amines) is 1. The molecule has 3 atom stereocenters. The van der Waals surface area contributed by atoms with Gasteiger partial charge in [-0.1, -0.05) is 31.5 Å². The number of alkyl halides is 1. The molecular formula is C26H37FN4O4S. The van der Waals surface area contributed by atoms with Gasteiger partial charge in [-0.2, -0.15) is 0 Å². The van der Waals surface area contributed by atoms with Gasteiger partial charge >= 0.3 is 0 Å².